The van der Waals surface area contributed by atoms with Crippen LogP contribution in [0.15, 0.2) is 30.3 Å². The molecule has 0 spiro atoms. The molecular weight excluding hydrogens is 194 g/mol. The highest BCUT2D eigenvalue weighted by atomic mass is 16.5. The highest BCUT2D eigenvalue weighted by molar-refractivity contribution is 5.78. The van der Waals surface area contributed by atoms with E-state index in [1.807, 2.05) is 6.07 Å². The van der Waals surface area contributed by atoms with Crippen molar-refractivity contribution < 1.29 is 9.53 Å². The zero-order chi connectivity index (χ0) is 11.1. The Balaban J connectivity index is 2.28. The molecule has 0 heterocycles. The average molecular weight is 207 g/mol. The van der Waals surface area contributed by atoms with Gasteiger partial charge in [-0.25, -0.2) is 4.79 Å². The molecule has 0 radical (unpaired) electrons. The average Bonchev–Trinajstić information content (AvgIpc) is 2.18. The van der Waals surface area contributed by atoms with Crippen molar-refractivity contribution in [2.24, 2.45) is 5.73 Å². The van der Waals surface area contributed by atoms with Crippen LogP contribution in [-0.2, 0) is 0 Å². The molecule has 15 heavy (non-hydrogen) atoms. The maximum atomic E-state index is 11.1. The summed E-state index contributed by atoms with van der Waals surface area (Å²) in [7, 11) is 0. The largest absolute Gasteiger partial charge is 0.412 e. The molecular formula is C10H13N3O2. The lowest BCUT2D eigenvalue weighted by Gasteiger charge is -2.05. The normalized spacial score (nSPS) is 9.33. The first kappa shape index (κ1) is 11.0. The maximum Gasteiger partial charge on any atom is 0.412 e. The lowest BCUT2D eigenvalue weighted by atomic mass is 10.3. The highest BCUT2D eigenvalue weighted by Crippen LogP contribution is 2.07. The monoisotopic (exact) mass is 207 g/mol. The standard InChI is InChI=1S/C10H13N3O2/c11-9(12)6-7-13-10(14)15-8-4-2-1-3-5-8/h1-5H,6-7H2,(H3,11,12)(H,13,14). The Hall–Kier alpha value is -2.04. The van der Waals surface area contributed by atoms with Crippen molar-refractivity contribution in [1.29, 1.82) is 5.41 Å². The Labute approximate surface area is 87.7 Å². The molecule has 0 aliphatic heterocycles. The SMILES string of the molecule is N=C(N)CCNC(=O)Oc1ccccc1. The molecule has 0 bridgehead atoms. The van der Waals surface area contributed by atoms with Gasteiger partial charge in [0.05, 0.1) is 5.84 Å². The Kier molecular flexibility index (Phi) is 4.15. The van der Waals surface area contributed by atoms with Gasteiger partial charge >= 0.3 is 6.09 Å². The number of para-hydroxylation sites is 1. The summed E-state index contributed by atoms with van der Waals surface area (Å²) in [6.45, 7) is 0.307. The molecule has 1 amide bonds. The van der Waals surface area contributed by atoms with Crippen molar-refractivity contribution in [3.63, 3.8) is 0 Å². The minimum atomic E-state index is -0.539. The molecule has 1 aromatic rings. The van der Waals surface area contributed by atoms with Gasteiger partial charge in [0, 0.05) is 13.0 Å². The van der Waals surface area contributed by atoms with E-state index in [1.54, 1.807) is 24.3 Å². The van der Waals surface area contributed by atoms with Crippen LogP contribution in [0.4, 0.5) is 4.79 Å². The molecule has 0 fully saturated rings. The van der Waals surface area contributed by atoms with Gasteiger partial charge in [0.2, 0.25) is 0 Å². The van der Waals surface area contributed by atoms with E-state index in [-0.39, 0.29) is 5.84 Å². The number of carbonyl (C=O) groups excluding carboxylic acids is 1. The van der Waals surface area contributed by atoms with E-state index in [9.17, 15) is 4.79 Å². The number of nitrogens with one attached hydrogen (secondary N) is 2. The van der Waals surface area contributed by atoms with Crippen molar-refractivity contribution in [1.82, 2.24) is 5.32 Å². The molecule has 5 heteroatoms. The molecule has 0 aromatic heterocycles. The van der Waals surface area contributed by atoms with Crippen LogP contribution in [0.1, 0.15) is 6.42 Å². The molecule has 0 aliphatic rings. The summed E-state index contributed by atoms with van der Waals surface area (Å²) in [5.41, 5.74) is 5.12. The van der Waals surface area contributed by atoms with Gasteiger partial charge in [-0.1, -0.05) is 18.2 Å². The van der Waals surface area contributed by atoms with E-state index >= 15 is 0 Å². The third-order valence-electron chi connectivity index (χ3n) is 1.62. The first-order valence-corrected chi connectivity index (χ1v) is 4.52. The first-order valence-electron chi connectivity index (χ1n) is 4.52. The Morgan fingerprint density at radius 1 is 1.40 bits per heavy atom. The lowest BCUT2D eigenvalue weighted by Crippen LogP contribution is -2.30. The maximum absolute atomic E-state index is 11.1. The minimum absolute atomic E-state index is 0.0370. The summed E-state index contributed by atoms with van der Waals surface area (Å²) in [5.74, 6) is 0.521. The second-order valence-corrected chi connectivity index (χ2v) is 2.90. The van der Waals surface area contributed by atoms with Gasteiger partial charge in [-0.05, 0) is 12.1 Å². The van der Waals surface area contributed by atoms with Gasteiger partial charge < -0.3 is 15.8 Å². The Morgan fingerprint density at radius 2 is 2.07 bits per heavy atom. The molecule has 0 saturated carbocycles. The number of amides is 1. The van der Waals surface area contributed by atoms with Crippen LogP contribution in [0.3, 0.4) is 0 Å². The molecule has 0 unspecified atom stereocenters. The molecule has 4 N–H and O–H groups in total. The summed E-state index contributed by atoms with van der Waals surface area (Å²) in [5, 5.41) is 9.43. The molecule has 1 aromatic carbocycles. The summed E-state index contributed by atoms with van der Waals surface area (Å²) >= 11 is 0. The van der Waals surface area contributed by atoms with E-state index in [4.69, 9.17) is 15.9 Å². The topological polar surface area (TPSA) is 88.2 Å². The van der Waals surface area contributed by atoms with Gasteiger partial charge in [0.25, 0.3) is 0 Å². The molecule has 1 rings (SSSR count). The molecule has 0 aliphatic carbocycles. The number of benzene rings is 1. The summed E-state index contributed by atoms with van der Waals surface area (Å²) in [6, 6.07) is 8.76. The van der Waals surface area contributed by atoms with Crippen LogP contribution in [0, 0.1) is 5.41 Å². The Bertz CT molecular complexity index is 338. The number of ether oxygens (including phenoxy) is 1. The van der Waals surface area contributed by atoms with Gasteiger partial charge in [-0.15, -0.1) is 0 Å². The minimum Gasteiger partial charge on any atom is -0.410 e. The zero-order valence-corrected chi connectivity index (χ0v) is 8.19. The van der Waals surface area contributed by atoms with Crippen LogP contribution in [-0.4, -0.2) is 18.5 Å². The molecule has 80 valence electrons. The number of hydrogen-bond donors (Lipinski definition) is 3. The lowest BCUT2D eigenvalue weighted by molar-refractivity contribution is 0.201. The van der Waals surface area contributed by atoms with Crippen molar-refractivity contribution in [2.75, 3.05) is 6.54 Å². The number of hydrogen-bond acceptors (Lipinski definition) is 3. The fourth-order valence-corrected chi connectivity index (χ4v) is 0.931. The van der Waals surface area contributed by atoms with Crippen LogP contribution in [0.5, 0.6) is 5.75 Å². The molecule has 5 nitrogen and oxygen atoms in total. The van der Waals surface area contributed by atoms with Crippen molar-refractivity contribution >= 4 is 11.9 Å². The van der Waals surface area contributed by atoms with Crippen molar-refractivity contribution in [3.8, 4) is 5.75 Å². The van der Waals surface area contributed by atoms with Crippen LogP contribution < -0.4 is 15.8 Å². The van der Waals surface area contributed by atoms with E-state index in [1.165, 1.54) is 0 Å². The van der Waals surface area contributed by atoms with Crippen LogP contribution in [0.25, 0.3) is 0 Å². The van der Waals surface area contributed by atoms with Crippen molar-refractivity contribution in [3.05, 3.63) is 30.3 Å². The predicted molar refractivity (Wildman–Crippen MR) is 57.0 cm³/mol. The van der Waals surface area contributed by atoms with E-state index in [0.717, 1.165) is 0 Å². The van der Waals surface area contributed by atoms with E-state index in [0.29, 0.717) is 18.7 Å². The molecule has 0 atom stereocenters. The summed E-state index contributed by atoms with van der Waals surface area (Å²) < 4.78 is 4.93. The Morgan fingerprint density at radius 3 is 2.67 bits per heavy atom. The zero-order valence-electron chi connectivity index (χ0n) is 8.19. The second-order valence-electron chi connectivity index (χ2n) is 2.90. The van der Waals surface area contributed by atoms with Crippen molar-refractivity contribution in [2.45, 2.75) is 6.42 Å². The van der Waals surface area contributed by atoms with E-state index < -0.39 is 6.09 Å². The van der Waals surface area contributed by atoms with Gasteiger partial charge in [-0.2, -0.15) is 0 Å². The van der Waals surface area contributed by atoms with Gasteiger partial charge in [0.1, 0.15) is 5.75 Å². The number of carbonyl (C=O) groups is 1. The first-order chi connectivity index (χ1) is 7.18. The summed E-state index contributed by atoms with van der Waals surface area (Å²) in [4.78, 5) is 11.1. The van der Waals surface area contributed by atoms with Gasteiger partial charge in [-0.3, -0.25) is 5.41 Å². The van der Waals surface area contributed by atoms with E-state index in [2.05, 4.69) is 5.32 Å². The number of rotatable bonds is 4. The second kappa shape index (κ2) is 5.64. The third kappa shape index (κ3) is 4.66. The quantitative estimate of drug-likeness (QED) is 0.510. The molecule has 0 saturated heterocycles. The van der Waals surface area contributed by atoms with Gasteiger partial charge in [0.15, 0.2) is 0 Å². The third-order valence-corrected chi connectivity index (χ3v) is 1.62. The van der Waals surface area contributed by atoms with Crippen LogP contribution >= 0.6 is 0 Å². The van der Waals surface area contributed by atoms with Crippen LogP contribution in [0.2, 0.25) is 0 Å². The fraction of sp³-hybridized carbons (Fsp3) is 0.200. The fourth-order valence-electron chi connectivity index (χ4n) is 0.931. The predicted octanol–water partition coefficient (Wildman–Crippen LogP) is 1.10. The number of nitrogens with two attached hydrogens (primary N) is 1. The summed E-state index contributed by atoms with van der Waals surface area (Å²) in [6.07, 6.45) is -0.216. The smallest absolute Gasteiger partial charge is 0.410 e. The number of amidine groups is 1. The highest BCUT2D eigenvalue weighted by Gasteiger charge is 2.02.